The van der Waals surface area contributed by atoms with Crippen molar-refractivity contribution in [3.05, 3.63) is 35.0 Å². The zero-order valence-electron chi connectivity index (χ0n) is 9.75. The Morgan fingerprint density at radius 3 is 3.06 bits per heavy atom. The van der Waals surface area contributed by atoms with E-state index in [1.807, 2.05) is 18.2 Å². The highest BCUT2D eigenvalue weighted by Gasteiger charge is 2.41. The molecule has 2 aliphatic rings. The number of ether oxygens (including phenoxy) is 2. The van der Waals surface area contributed by atoms with Crippen LogP contribution in [0, 0.1) is 0 Å². The van der Waals surface area contributed by atoms with Gasteiger partial charge in [-0.1, -0.05) is 12.1 Å². The van der Waals surface area contributed by atoms with E-state index in [2.05, 4.69) is 0 Å². The predicted octanol–water partition coefficient (Wildman–Crippen LogP) is 1.74. The average molecular weight is 245 g/mol. The number of benzene rings is 1. The first-order valence-electron chi connectivity index (χ1n) is 5.56. The SMILES string of the molecule is COc1cccc2c1C1COC(=O)N1C(C=O)=C2. The molecule has 92 valence electrons. The number of amides is 1. The first-order chi connectivity index (χ1) is 8.76. The molecule has 18 heavy (non-hydrogen) atoms. The van der Waals surface area contributed by atoms with Crippen molar-refractivity contribution in [3.63, 3.8) is 0 Å². The Balaban J connectivity index is 2.23. The summed E-state index contributed by atoms with van der Waals surface area (Å²) in [6, 6.07) is 5.29. The van der Waals surface area contributed by atoms with Gasteiger partial charge in [-0.15, -0.1) is 0 Å². The van der Waals surface area contributed by atoms with Gasteiger partial charge < -0.3 is 9.47 Å². The van der Waals surface area contributed by atoms with Crippen LogP contribution in [0.1, 0.15) is 17.2 Å². The van der Waals surface area contributed by atoms with Crippen LogP contribution in [0.4, 0.5) is 4.79 Å². The van der Waals surface area contributed by atoms with Crippen molar-refractivity contribution in [2.45, 2.75) is 6.04 Å². The van der Waals surface area contributed by atoms with Crippen molar-refractivity contribution in [2.24, 2.45) is 0 Å². The lowest BCUT2D eigenvalue weighted by molar-refractivity contribution is -0.106. The predicted molar refractivity (Wildman–Crippen MR) is 63.0 cm³/mol. The second-order valence-corrected chi connectivity index (χ2v) is 4.11. The second kappa shape index (κ2) is 3.87. The first kappa shape index (κ1) is 10.8. The lowest BCUT2D eigenvalue weighted by Crippen LogP contribution is -2.30. The third kappa shape index (κ3) is 1.33. The Kier molecular flexibility index (Phi) is 2.33. The number of fused-ring (bicyclic) bond motifs is 3. The van der Waals surface area contributed by atoms with Crippen LogP contribution in [-0.4, -0.2) is 31.0 Å². The van der Waals surface area contributed by atoms with Gasteiger partial charge in [0.05, 0.1) is 12.8 Å². The van der Waals surface area contributed by atoms with E-state index in [1.54, 1.807) is 13.2 Å². The summed E-state index contributed by atoms with van der Waals surface area (Å²) in [5.41, 5.74) is 2.09. The second-order valence-electron chi connectivity index (χ2n) is 4.11. The minimum absolute atomic E-state index is 0.234. The molecular formula is C13H11NO4. The van der Waals surface area contributed by atoms with Gasteiger partial charge in [-0.05, 0) is 17.7 Å². The molecule has 2 heterocycles. The van der Waals surface area contributed by atoms with Gasteiger partial charge in [-0.2, -0.15) is 0 Å². The summed E-state index contributed by atoms with van der Waals surface area (Å²) >= 11 is 0. The molecule has 0 bridgehead atoms. The number of hydrogen-bond donors (Lipinski definition) is 0. The Labute approximate surface area is 104 Å². The zero-order chi connectivity index (χ0) is 12.7. The van der Waals surface area contributed by atoms with Crippen LogP contribution in [0.2, 0.25) is 0 Å². The molecule has 1 aromatic carbocycles. The fourth-order valence-electron chi connectivity index (χ4n) is 2.46. The van der Waals surface area contributed by atoms with Gasteiger partial charge in [0, 0.05) is 5.56 Å². The maximum Gasteiger partial charge on any atom is 0.415 e. The molecule has 1 fully saturated rings. The maximum atomic E-state index is 11.7. The van der Waals surface area contributed by atoms with Crippen molar-refractivity contribution in [3.8, 4) is 5.75 Å². The molecule has 1 unspecified atom stereocenters. The van der Waals surface area contributed by atoms with Crippen LogP contribution < -0.4 is 4.74 Å². The van der Waals surface area contributed by atoms with Gasteiger partial charge in [-0.25, -0.2) is 4.79 Å². The number of rotatable bonds is 2. The average Bonchev–Trinajstić information content (AvgIpc) is 2.79. The number of methoxy groups -OCH3 is 1. The van der Waals surface area contributed by atoms with Crippen LogP contribution in [0.5, 0.6) is 5.75 Å². The van der Waals surface area contributed by atoms with Crippen LogP contribution in [-0.2, 0) is 9.53 Å². The molecule has 3 rings (SSSR count). The number of hydrogen-bond acceptors (Lipinski definition) is 4. The van der Waals surface area contributed by atoms with E-state index in [4.69, 9.17) is 9.47 Å². The summed E-state index contributed by atoms with van der Waals surface area (Å²) in [7, 11) is 1.58. The lowest BCUT2D eigenvalue weighted by atomic mass is 9.94. The molecule has 1 atom stereocenters. The van der Waals surface area contributed by atoms with Gasteiger partial charge in [0.2, 0.25) is 0 Å². The fourth-order valence-corrected chi connectivity index (χ4v) is 2.46. The first-order valence-corrected chi connectivity index (χ1v) is 5.56. The Hall–Kier alpha value is -2.30. The Morgan fingerprint density at radius 1 is 1.50 bits per heavy atom. The molecule has 1 saturated heterocycles. The summed E-state index contributed by atoms with van der Waals surface area (Å²) in [5, 5.41) is 0. The van der Waals surface area contributed by atoms with E-state index >= 15 is 0 Å². The van der Waals surface area contributed by atoms with Crippen molar-refractivity contribution in [1.82, 2.24) is 4.90 Å². The van der Waals surface area contributed by atoms with Crippen molar-refractivity contribution >= 4 is 18.5 Å². The van der Waals surface area contributed by atoms with Gasteiger partial charge in [0.15, 0.2) is 6.29 Å². The number of carbonyl (C=O) groups is 2. The maximum absolute atomic E-state index is 11.7. The van der Waals surface area contributed by atoms with E-state index in [0.29, 0.717) is 17.7 Å². The number of allylic oxidation sites excluding steroid dienone is 1. The summed E-state index contributed by atoms with van der Waals surface area (Å²) < 4.78 is 10.3. The molecule has 1 aromatic rings. The summed E-state index contributed by atoms with van der Waals surface area (Å²) in [6.45, 7) is 0.234. The number of aldehydes is 1. The highest BCUT2D eigenvalue weighted by Crippen LogP contribution is 2.42. The summed E-state index contributed by atoms with van der Waals surface area (Å²) in [6.07, 6.45) is 1.85. The number of carbonyl (C=O) groups excluding carboxylic acids is 2. The molecular weight excluding hydrogens is 234 g/mol. The quantitative estimate of drug-likeness (QED) is 0.745. The molecule has 0 N–H and O–H groups in total. The van der Waals surface area contributed by atoms with E-state index in [9.17, 15) is 9.59 Å². The Bertz CT molecular complexity index is 564. The third-order valence-electron chi connectivity index (χ3n) is 3.23. The smallest absolute Gasteiger partial charge is 0.415 e. The van der Waals surface area contributed by atoms with Crippen molar-refractivity contribution in [1.29, 1.82) is 0 Å². The fraction of sp³-hybridized carbons (Fsp3) is 0.231. The van der Waals surface area contributed by atoms with Crippen molar-refractivity contribution < 1.29 is 19.1 Å². The molecule has 5 heteroatoms. The van der Waals surface area contributed by atoms with Crippen LogP contribution in [0.25, 0.3) is 6.08 Å². The number of nitrogens with zero attached hydrogens (tertiary/aromatic N) is 1. The van der Waals surface area contributed by atoms with E-state index < -0.39 is 6.09 Å². The van der Waals surface area contributed by atoms with E-state index in [1.165, 1.54) is 4.90 Å². The van der Waals surface area contributed by atoms with Gasteiger partial charge in [-0.3, -0.25) is 9.69 Å². The normalized spacial score (nSPS) is 20.7. The largest absolute Gasteiger partial charge is 0.496 e. The molecule has 5 nitrogen and oxygen atoms in total. The highest BCUT2D eigenvalue weighted by molar-refractivity contribution is 5.91. The molecule has 0 spiro atoms. The van der Waals surface area contributed by atoms with Gasteiger partial charge in [0.1, 0.15) is 18.4 Å². The molecule has 1 amide bonds. The molecule has 0 radical (unpaired) electrons. The van der Waals surface area contributed by atoms with Crippen LogP contribution in [0.15, 0.2) is 23.9 Å². The van der Waals surface area contributed by atoms with Gasteiger partial charge >= 0.3 is 6.09 Å². The standard InChI is InChI=1S/C13H11NO4/c1-17-11-4-2-3-8-5-9(6-15)14-10(12(8)11)7-18-13(14)16/h2-6,10H,7H2,1H3. The third-order valence-corrected chi connectivity index (χ3v) is 3.23. The van der Waals surface area contributed by atoms with E-state index in [-0.39, 0.29) is 12.6 Å². The molecule has 0 aliphatic carbocycles. The monoisotopic (exact) mass is 245 g/mol. The molecule has 0 aromatic heterocycles. The Morgan fingerprint density at radius 2 is 2.33 bits per heavy atom. The van der Waals surface area contributed by atoms with Gasteiger partial charge in [0.25, 0.3) is 0 Å². The summed E-state index contributed by atoms with van der Waals surface area (Å²) in [5.74, 6) is 0.696. The topological polar surface area (TPSA) is 55.8 Å². The summed E-state index contributed by atoms with van der Waals surface area (Å²) in [4.78, 5) is 24.1. The van der Waals surface area contributed by atoms with Crippen LogP contribution in [0.3, 0.4) is 0 Å². The minimum Gasteiger partial charge on any atom is -0.496 e. The zero-order valence-corrected chi connectivity index (χ0v) is 9.75. The molecule has 2 aliphatic heterocycles. The van der Waals surface area contributed by atoms with Crippen molar-refractivity contribution in [2.75, 3.05) is 13.7 Å². The molecule has 0 saturated carbocycles. The van der Waals surface area contributed by atoms with Crippen LogP contribution >= 0.6 is 0 Å². The lowest BCUT2D eigenvalue weighted by Gasteiger charge is -2.28. The van der Waals surface area contributed by atoms with E-state index in [0.717, 1.165) is 11.1 Å². The number of cyclic esters (lactones) is 1. The minimum atomic E-state index is -0.491. The highest BCUT2D eigenvalue weighted by atomic mass is 16.6.